The predicted octanol–water partition coefficient (Wildman–Crippen LogP) is 0.192. The van der Waals surface area contributed by atoms with Gasteiger partial charge in [-0.3, -0.25) is 4.79 Å². The molecule has 102 valence electrons. The molecule has 2 N–H and O–H groups in total. The number of amides is 1. The number of rotatable bonds is 2. The first-order valence-electron chi connectivity index (χ1n) is 6.89. The molecule has 4 nitrogen and oxygen atoms in total. The van der Waals surface area contributed by atoms with E-state index in [4.69, 9.17) is 0 Å². The average Bonchev–Trinajstić information content (AvgIpc) is 3.02. The molecule has 1 heterocycles. The molecule has 0 saturated carbocycles. The van der Waals surface area contributed by atoms with Crippen LogP contribution in [0.1, 0.15) is 11.1 Å². The van der Waals surface area contributed by atoms with Crippen LogP contribution in [0.3, 0.4) is 0 Å². The molecule has 0 bridgehead atoms. The summed E-state index contributed by atoms with van der Waals surface area (Å²) in [6.45, 7) is 1.26. The van der Waals surface area contributed by atoms with Crippen LogP contribution in [0, 0.1) is 5.92 Å². The summed E-state index contributed by atoms with van der Waals surface area (Å²) in [5.74, 6) is 0.194. The zero-order valence-electron chi connectivity index (χ0n) is 11.2. The zero-order valence-corrected chi connectivity index (χ0v) is 11.2. The number of carbonyl (C=O) groups is 1. The van der Waals surface area contributed by atoms with Crippen LogP contribution in [0.4, 0.5) is 0 Å². The van der Waals surface area contributed by atoms with E-state index < -0.39 is 6.10 Å². The monoisotopic (exact) mass is 260 g/mol. The van der Waals surface area contributed by atoms with E-state index in [1.165, 1.54) is 11.1 Å². The van der Waals surface area contributed by atoms with Crippen LogP contribution in [0.15, 0.2) is 24.3 Å². The van der Waals surface area contributed by atoms with Crippen LogP contribution in [0.25, 0.3) is 0 Å². The van der Waals surface area contributed by atoms with E-state index in [1.807, 2.05) is 19.2 Å². The highest BCUT2D eigenvalue weighted by atomic mass is 16.3. The van der Waals surface area contributed by atoms with Gasteiger partial charge >= 0.3 is 0 Å². The minimum absolute atomic E-state index is 0.0372. The summed E-state index contributed by atoms with van der Waals surface area (Å²) in [6.07, 6.45) is 1.21. The maximum Gasteiger partial charge on any atom is 0.226 e. The van der Waals surface area contributed by atoms with Gasteiger partial charge in [-0.1, -0.05) is 24.3 Å². The van der Waals surface area contributed by atoms with Crippen molar-refractivity contribution in [3.05, 3.63) is 35.4 Å². The Hall–Kier alpha value is -1.39. The van der Waals surface area contributed by atoms with Crippen LogP contribution >= 0.6 is 0 Å². The number of aliphatic hydroxyl groups excluding tert-OH is 1. The lowest BCUT2D eigenvalue weighted by Crippen LogP contribution is -2.46. The zero-order chi connectivity index (χ0) is 13.4. The summed E-state index contributed by atoms with van der Waals surface area (Å²) in [4.78, 5) is 14.3. The van der Waals surface area contributed by atoms with E-state index in [0.29, 0.717) is 13.1 Å². The van der Waals surface area contributed by atoms with E-state index in [2.05, 4.69) is 17.4 Å². The van der Waals surface area contributed by atoms with Crippen molar-refractivity contribution in [1.82, 2.24) is 10.2 Å². The lowest BCUT2D eigenvalue weighted by Gasteiger charge is -2.28. The summed E-state index contributed by atoms with van der Waals surface area (Å²) in [5.41, 5.74) is 2.58. The second kappa shape index (κ2) is 4.94. The summed E-state index contributed by atoms with van der Waals surface area (Å²) >= 11 is 0. The average molecular weight is 260 g/mol. The smallest absolute Gasteiger partial charge is 0.226 e. The molecule has 2 aliphatic rings. The second-order valence-corrected chi connectivity index (χ2v) is 5.62. The fraction of sp³-hybridized carbons (Fsp3) is 0.533. The lowest BCUT2D eigenvalue weighted by molar-refractivity contribution is -0.137. The first kappa shape index (κ1) is 12.6. The number of nitrogens with one attached hydrogen (secondary N) is 1. The Balaban J connectivity index is 1.69. The Labute approximate surface area is 113 Å². The summed E-state index contributed by atoms with van der Waals surface area (Å²) in [5, 5.41) is 13.0. The molecular formula is C15H20N2O2. The van der Waals surface area contributed by atoms with Crippen molar-refractivity contribution >= 4 is 5.91 Å². The van der Waals surface area contributed by atoms with Gasteiger partial charge in [0.15, 0.2) is 0 Å². The quantitative estimate of drug-likeness (QED) is 0.798. The Bertz CT molecular complexity index is 464. The Kier molecular flexibility index (Phi) is 3.29. The molecule has 3 rings (SSSR count). The molecular weight excluding hydrogens is 240 g/mol. The van der Waals surface area contributed by atoms with Gasteiger partial charge in [0.25, 0.3) is 0 Å². The van der Waals surface area contributed by atoms with Gasteiger partial charge in [-0.2, -0.15) is 0 Å². The summed E-state index contributed by atoms with van der Waals surface area (Å²) < 4.78 is 0. The largest absolute Gasteiger partial charge is 0.390 e. The topological polar surface area (TPSA) is 52.6 Å². The number of likely N-dealkylation sites (N-methyl/N-ethyl adjacent to an activating group) is 1. The predicted molar refractivity (Wildman–Crippen MR) is 72.8 cm³/mol. The first-order valence-corrected chi connectivity index (χ1v) is 6.89. The number of aliphatic hydroxyl groups is 1. The third-order valence-corrected chi connectivity index (χ3v) is 4.40. The Morgan fingerprint density at radius 3 is 2.42 bits per heavy atom. The molecule has 1 aromatic carbocycles. The molecule has 0 aromatic heterocycles. The van der Waals surface area contributed by atoms with E-state index >= 15 is 0 Å². The van der Waals surface area contributed by atoms with Crippen LogP contribution in [0.2, 0.25) is 0 Å². The van der Waals surface area contributed by atoms with Crippen molar-refractivity contribution in [2.45, 2.75) is 25.0 Å². The minimum atomic E-state index is -0.447. The molecule has 1 aromatic rings. The molecule has 19 heavy (non-hydrogen) atoms. The van der Waals surface area contributed by atoms with Crippen LogP contribution < -0.4 is 5.32 Å². The van der Waals surface area contributed by atoms with Crippen molar-refractivity contribution in [3.8, 4) is 0 Å². The highest BCUT2D eigenvalue weighted by molar-refractivity contribution is 5.80. The van der Waals surface area contributed by atoms with Crippen LogP contribution in [-0.4, -0.2) is 48.2 Å². The SMILES string of the molecule is CN(C(=O)C1Cc2ccccc2C1)[C@@H]1CNC[C@H]1O. The van der Waals surface area contributed by atoms with Crippen molar-refractivity contribution in [2.75, 3.05) is 20.1 Å². The van der Waals surface area contributed by atoms with E-state index in [1.54, 1.807) is 4.90 Å². The first-order chi connectivity index (χ1) is 9.16. The number of fused-ring (bicyclic) bond motifs is 1. The van der Waals surface area contributed by atoms with Crippen molar-refractivity contribution in [3.63, 3.8) is 0 Å². The van der Waals surface area contributed by atoms with Crippen LogP contribution in [-0.2, 0) is 17.6 Å². The molecule has 1 amide bonds. The van der Waals surface area contributed by atoms with E-state index in [-0.39, 0.29) is 17.9 Å². The van der Waals surface area contributed by atoms with Gasteiger partial charge < -0.3 is 15.3 Å². The number of carbonyl (C=O) groups excluding carboxylic acids is 1. The molecule has 1 aliphatic carbocycles. The molecule has 0 unspecified atom stereocenters. The molecule has 1 aliphatic heterocycles. The molecule has 1 saturated heterocycles. The molecule has 4 heteroatoms. The number of nitrogens with zero attached hydrogens (tertiary/aromatic N) is 1. The third-order valence-electron chi connectivity index (χ3n) is 4.40. The van der Waals surface area contributed by atoms with E-state index in [0.717, 1.165) is 12.8 Å². The molecule has 2 atom stereocenters. The van der Waals surface area contributed by atoms with Gasteiger partial charge in [0.1, 0.15) is 0 Å². The standard InChI is InChI=1S/C15H20N2O2/c1-17(13-8-16-9-14(13)18)15(19)12-6-10-4-2-3-5-11(10)7-12/h2-5,12-14,16,18H,6-9H2,1H3/t13-,14-/m1/s1. The van der Waals surface area contributed by atoms with Gasteiger partial charge in [0, 0.05) is 26.1 Å². The highest BCUT2D eigenvalue weighted by Crippen LogP contribution is 2.28. The molecule has 1 fully saturated rings. The summed E-state index contributed by atoms with van der Waals surface area (Å²) in [6, 6.07) is 8.18. The Morgan fingerprint density at radius 2 is 1.89 bits per heavy atom. The van der Waals surface area contributed by atoms with Crippen molar-refractivity contribution < 1.29 is 9.90 Å². The summed E-state index contributed by atoms with van der Waals surface area (Å²) in [7, 11) is 1.81. The number of hydrogen-bond donors (Lipinski definition) is 2. The van der Waals surface area contributed by atoms with Gasteiger partial charge in [-0.15, -0.1) is 0 Å². The second-order valence-electron chi connectivity index (χ2n) is 5.62. The van der Waals surface area contributed by atoms with Gasteiger partial charge in [-0.05, 0) is 24.0 Å². The fourth-order valence-electron chi connectivity index (χ4n) is 3.23. The molecule has 0 radical (unpaired) electrons. The van der Waals surface area contributed by atoms with Gasteiger partial charge in [0.2, 0.25) is 5.91 Å². The fourth-order valence-corrected chi connectivity index (χ4v) is 3.23. The van der Waals surface area contributed by atoms with Crippen molar-refractivity contribution in [2.24, 2.45) is 5.92 Å². The highest BCUT2D eigenvalue weighted by Gasteiger charge is 2.36. The lowest BCUT2D eigenvalue weighted by atomic mass is 10.0. The maximum absolute atomic E-state index is 12.5. The third kappa shape index (κ3) is 2.26. The van der Waals surface area contributed by atoms with Crippen LogP contribution in [0.5, 0.6) is 0 Å². The molecule has 0 spiro atoms. The van der Waals surface area contributed by atoms with Crippen molar-refractivity contribution in [1.29, 1.82) is 0 Å². The number of hydrogen-bond acceptors (Lipinski definition) is 3. The number of benzene rings is 1. The van der Waals surface area contributed by atoms with Gasteiger partial charge in [-0.25, -0.2) is 0 Å². The number of β-amino-alcohol motifs (C(OH)–C–C–N with tert-alkyl or cyclic N) is 1. The maximum atomic E-state index is 12.5. The Morgan fingerprint density at radius 1 is 1.26 bits per heavy atom. The minimum Gasteiger partial charge on any atom is -0.390 e. The van der Waals surface area contributed by atoms with Gasteiger partial charge in [0.05, 0.1) is 12.1 Å². The normalized spacial score (nSPS) is 26.4. The van der Waals surface area contributed by atoms with E-state index in [9.17, 15) is 9.90 Å².